The van der Waals surface area contributed by atoms with Gasteiger partial charge in [0.05, 0.1) is 11.0 Å². The number of hydrogen-bond donors (Lipinski definition) is 2. The molecule has 1 aromatic carbocycles. The largest absolute Gasteiger partial charge is 0.480 e. The van der Waals surface area contributed by atoms with Gasteiger partial charge in [-0.25, -0.2) is 4.98 Å². The fourth-order valence-electron chi connectivity index (χ4n) is 3.18. The second-order valence-electron chi connectivity index (χ2n) is 6.68. The van der Waals surface area contributed by atoms with Gasteiger partial charge in [-0.3, -0.25) is 10.1 Å². The predicted molar refractivity (Wildman–Crippen MR) is 93.9 cm³/mol. The van der Waals surface area contributed by atoms with Crippen LogP contribution in [0.4, 0.5) is 0 Å². The Balaban J connectivity index is 2.09. The summed E-state index contributed by atoms with van der Waals surface area (Å²) in [6, 6.07) is 3.70. The highest BCUT2D eigenvalue weighted by Crippen LogP contribution is 2.46. The van der Waals surface area contributed by atoms with Crippen molar-refractivity contribution in [2.75, 3.05) is 0 Å². The van der Waals surface area contributed by atoms with Crippen LogP contribution in [0.3, 0.4) is 0 Å². The van der Waals surface area contributed by atoms with E-state index < -0.39 is 12.0 Å². The van der Waals surface area contributed by atoms with Crippen molar-refractivity contribution in [1.82, 2.24) is 14.9 Å². The van der Waals surface area contributed by atoms with Crippen molar-refractivity contribution in [2.24, 2.45) is 0 Å². The Hall–Kier alpha value is -1.53. The molecule has 0 amide bonds. The highest BCUT2D eigenvalue weighted by molar-refractivity contribution is 8.01. The Bertz CT molecular complexity index is 782. The minimum atomic E-state index is -0.809. The number of carbonyl (C=O) groups is 1. The molecule has 5 nitrogen and oxygen atoms in total. The van der Waals surface area contributed by atoms with Crippen molar-refractivity contribution in [3.63, 3.8) is 0 Å². The molecule has 0 saturated carbocycles. The van der Waals surface area contributed by atoms with Gasteiger partial charge in [-0.1, -0.05) is 0 Å². The number of benzene rings is 1. The quantitative estimate of drug-likeness (QED) is 0.902. The van der Waals surface area contributed by atoms with Crippen molar-refractivity contribution in [1.29, 1.82) is 0 Å². The summed E-state index contributed by atoms with van der Waals surface area (Å²) in [6.07, 6.45) is 0. The number of imidazole rings is 1. The van der Waals surface area contributed by atoms with E-state index in [9.17, 15) is 9.90 Å². The van der Waals surface area contributed by atoms with Crippen molar-refractivity contribution < 1.29 is 9.90 Å². The highest BCUT2D eigenvalue weighted by Gasteiger charge is 2.47. The van der Waals surface area contributed by atoms with E-state index in [-0.39, 0.29) is 10.1 Å². The molecule has 1 aliphatic heterocycles. The maximum Gasteiger partial charge on any atom is 0.322 e. The van der Waals surface area contributed by atoms with Gasteiger partial charge in [-0.2, -0.15) is 0 Å². The van der Waals surface area contributed by atoms with Crippen LogP contribution < -0.4 is 5.32 Å². The van der Waals surface area contributed by atoms with E-state index in [0.29, 0.717) is 0 Å². The van der Waals surface area contributed by atoms with Crippen LogP contribution in [-0.4, -0.2) is 31.4 Å². The lowest BCUT2D eigenvalue weighted by molar-refractivity contribution is -0.139. The minimum Gasteiger partial charge on any atom is -0.480 e. The molecule has 2 aromatic rings. The number of nitrogens with one attached hydrogen (secondary N) is 1. The van der Waals surface area contributed by atoms with Crippen LogP contribution >= 0.6 is 11.8 Å². The summed E-state index contributed by atoms with van der Waals surface area (Å²) < 4.78 is 1.81. The van der Waals surface area contributed by atoms with E-state index in [4.69, 9.17) is 4.98 Å². The van der Waals surface area contributed by atoms with Gasteiger partial charge in [0, 0.05) is 11.3 Å². The van der Waals surface area contributed by atoms with Crippen molar-refractivity contribution in [3.05, 3.63) is 29.1 Å². The number of carboxylic acids is 1. The molecule has 3 rings (SSSR count). The van der Waals surface area contributed by atoms with Crippen molar-refractivity contribution in [3.8, 4) is 0 Å². The maximum atomic E-state index is 11.5. The Morgan fingerprint density at radius 3 is 2.61 bits per heavy atom. The highest BCUT2D eigenvalue weighted by atomic mass is 32.2. The fourth-order valence-corrected chi connectivity index (χ4v) is 4.59. The average molecular weight is 333 g/mol. The summed E-state index contributed by atoms with van der Waals surface area (Å²) >= 11 is 1.64. The van der Waals surface area contributed by atoms with Crippen LogP contribution in [0.5, 0.6) is 0 Å². The summed E-state index contributed by atoms with van der Waals surface area (Å²) in [4.78, 5) is 16.3. The molecule has 6 heteroatoms. The zero-order chi connectivity index (χ0) is 16.9. The van der Waals surface area contributed by atoms with Gasteiger partial charge in [0.1, 0.15) is 17.2 Å². The van der Waals surface area contributed by atoms with Crippen LogP contribution in [0.15, 0.2) is 12.1 Å². The number of aryl methyl sites for hydroxylation is 3. The number of aromatic nitrogens is 2. The molecule has 1 fully saturated rings. The molecule has 0 bridgehead atoms. The summed E-state index contributed by atoms with van der Waals surface area (Å²) in [5, 5.41) is 12.6. The minimum absolute atomic E-state index is 0.112. The zero-order valence-electron chi connectivity index (χ0n) is 14.2. The molecule has 0 radical (unpaired) electrons. The molecule has 1 saturated heterocycles. The maximum absolute atomic E-state index is 11.5. The normalized spacial score (nSPS) is 23.5. The first-order valence-electron chi connectivity index (χ1n) is 7.88. The van der Waals surface area contributed by atoms with Crippen LogP contribution in [0.25, 0.3) is 11.0 Å². The van der Waals surface area contributed by atoms with Gasteiger partial charge >= 0.3 is 5.97 Å². The van der Waals surface area contributed by atoms with E-state index in [1.807, 2.05) is 13.8 Å². The topological polar surface area (TPSA) is 67.2 Å². The van der Waals surface area contributed by atoms with E-state index in [1.165, 1.54) is 11.1 Å². The van der Waals surface area contributed by atoms with E-state index in [1.54, 1.807) is 11.8 Å². The van der Waals surface area contributed by atoms with E-state index >= 15 is 0 Å². The first-order chi connectivity index (χ1) is 10.7. The van der Waals surface area contributed by atoms with Gasteiger partial charge in [-0.05, 0) is 57.9 Å². The zero-order valence-corrected chi connectivity index (χ0v) is 15.0. The number of carboxylic acid groups (broad SMARTS) is 1. The van der Waals surface area contributed by atoms with Crippen LogP contribution in [0.1, 0.15) is 43.1 Å². The molecular weight excluding hydrogens is 310 g/mol. The molecule has 23 heavy (non-hydrogen) atoms. The lowest BCUT2D eigenvalue weighted by Crippen LogP contribution is -2.43. The smallest absolute Gasteiger partial charge is 0.322 e. The first kappa shape index (κ1) is 16.3. The number of rotatable bonds is 3. The third-order valence-corrected chi connectivity index (χ3v) is 6.05. The third-order valence-electron chi connectivity index (χ3n) is 4.63. The molecular formula is C17H23N3O2S. The molecule has 2 atom stereocenters. The first-order valence-corrected chi connectivity index (χ1v) is 8.76. The summed E-state index contributed by atoms with van der Waals surface area (Å²) in [5.74, 6) is 0.102. The van der Waals surface area contributed by atoms with Crippen LogP contribution in [0.2, 0.25) is 0 Å². The molecule has 1 aliphatic rings. The van der Waals surface area contributed by atoms with Gasteiger partial charge in [0.2, 0.25) is 0 Å². The van der Waals surface area contributed by atoms with Gasteiger partial charge in [0.25, 0.3) is 0 Å². The summed E-state index contributed by atoms with van der Waals surface area (Å²) in [5.41, 5.74) is 4.56. The van der Waals surface area contributed by atoms with Crippen LogP contribution in [0, 0.1) is 13.8 Å². The second-order valence-corrected chi connectivity index (χ2v) is 8.44. The van der Waals surface area contributed by atoms with E-state index in [0.717, 1.165) is 23.4 Å². The van der Waals surface area contributed by atoms with Gasteiger partial charge < -0.3 is 9.67 Å². The Morgan fingerprint density at radius 2 is 2.04 bits per heavy atom. The third kappa shape index (κ3) is 2.64. The van der Waals surface area contributed by atoms with Gasteiger partial charge in [-0.15, -0.1) is 11.8 Å². The van der Waals surface area contributed by atoms with Crippen molar-refractivity contribution >= 4 is 28.8 Å². The molecule has 0 spiro atoms. The van der Waals surface area contributed by atoms with Crippen molar-refractivity contribution in [2.45, 2.75) is 57.3 Å². The van der Waals surface area contributed by atoms with Crippen LogP contribution in [-0.2, 0) is 11.3 Å². The standard InChI is InChI=1S/C17H23N3O2S/c1-6-20-12-8-10(3)9(2)7-11(12)18-14(20)15-19-13(16(21)22)17(4,5)23-15/h7-8,13,15,19H,6H2,1-5H3,(H,21,22). The summed E-state index contributed by atoms with van der Waals surface area (Å²) in [6.45, 7) is 11.0. The Labute approximate surface area is 140 Å². The Morgan fingerprint density at radius 1 is 1.39 bits per heavy atom. The average Bonchev–Trinajstić information content (AvgIpc) is 2.96. The number of nitrogens with zero attached hydrogens (tertiary/aromatic N) is 2. The lowest BCUT2D eigenvalue weighted by atomic mass is 10.0. The predicted octanol–water partition coefficient (Wildman–Crippen LogP) is 3.24. The SMILES string of the molecule is CCn1c(C2NC(C(=O)O)C(C)(C)S2)nc2cc(C)c(C)cc21. The number of fused-ring (bicyclic) bond motifs is 1. The summed E-state index contributed by atoms with van der Waals surface area (Å²) in [7, 11) is 0. The molecule has 0 aliphatic carbocycles. The lowest BCUT2D eigenvalue weighted by Gasteiger charge is -2.20. The van der Waals surface area contributed by atoms with Gasteiger partial charge in [0.15, 0.2) is 0 Å². The molecule has 2 heterocycles. The molecule has 124 valence electrons. The van der Waals surface area contributed by atoms with E-state index in [2.05, 4.69) is 42.8 Å². The fraction of sp³-hybridized carbons (Fsp3) is 0.529. The molecule has 2 N–H and O–H groups in total. The molecule has 1 aromatic heterocycles. The molecule has 2 unspecified atom stereocenters. The number of thioether (sulfide) groups is 1. The number of aliphatic carboxylic acids is 1. The monoisotopic (exact) mass is 333 g/mol. The Kier molecular flexibility index (Phi) is 3.92. The second kappa shape index (κ2) is 5.53. The number of hydrogen-bond acceptors (Lipinski definition) is 4.